The number of nitrogens with one attached hydrogen (secondary N) is 3. The molecule has 8 nitrogen and oxygen atoms in total. The summed E-state index contributed by atoms with van der Waals surface area (Å²) in [6.45, 7) is 4.59. The van der Waals surface area contributed by atoms with Crippen LogP contribution in [0, 0.1) is 0 Å². The molecule has 0 bridgehead atoms. The lowest BCUT2D eigenvalue weighted by Gasteiger charge is -2.16. The third kappa shape index (κ3) is 6.95. The van der Waals surface area contributed by atoms with Crippen LogP contribution in [-0.4, -0.2) is 41.3 Å². The summed E-state index contributed by atoms with van der Waals surface area (Å²) in [5, 5.41) is 5.44. The van der Waals surface area contributed by atoms with Crippen LogP contribution in [0.4, 0.5) is 4.79 Å². The van der Waals surface area contributed by atoms with Crippen LogP contribution in [0.2, 0.25) is 0 Å². The van der Waals surface area contributed by atoms with Crippen LogP contribution in [0.5, 0.6) is 11.5 Å². The maximum absolute atomic E-state index is 12.2. The summed E-state index contributed by atoms with van der Waals surface area (Å²) in [7, 11) is -2.14. The molecule has 2 rings (SSSR count). The monoisotopic (exact) mass is 421 g/mol. The minimum atomic E-state index is -3.65. The van der Waals surface area contributed by atoms with Gasteiger partial charge >= 0.3 is 6.03 Å². The Kier molecular flexibility index (Phi) is 8.29. The molecule has 1 atom stereocenters. The molecule has 0 heterocycles. The van der Waals surface area contributed by atoms with Crippen LogP contribution in [0.25, 0.3) is 0 Å². The fourth-order valence-electron chi connectivity index (χ4n) is 2.55. The van der Waals surface area contributed by atoms with Gasteiger partial charge in [0.2, 0.25) is 10.0 Å². The fourth-order valence-corrected chi connectivity index (χ4v) is 3.58. The number of benzene rings is 2. The van der Waals surface area contributed by atoms with Crippen LogP contribution in [0.3, 0.4) is 0 Å². The Balaban J connectivity index is 1.75. The van der Waals surface area contributed by atoms with Crippen molar-refractivity contribution in [2.75, 3.05) is 26.8 Å². The van der Waals surface area contributed by atoms with Crippen molar-refractivity contribution in [2.45, 2.75) is 24.8 Å². The minimum absolute atomic E-state index is 0.0687. The Morgan fingerprint density at radius 3 is 2.21 bits per heavy atom. The van der Waals surface area contributed by atoms with Crippen LogP contribution >= 0.6 is 0 Å². The molecule has 2 amide bonds. The summed E-state index contributed by atoms with van der Waals surface area (Å²) in [6, 6.07) is 12.9. The second kappa shape index (κ2) is 10.7. The van der Waals surface area contributed by atoms with E-state index in [-0.39, 0.29) is 30.1 Å². The van der Waals surface area contributed by atoms with Crippen molar-refractivity contribution in [2.24, 2.45) is 0 Å². The zero-order valence-corrected chi connectivity index (χ0v) is 17.6. The quantitative estimate of drug-likeness (QED) is 0.511. The summed E-state index contributed by atoms with van der Waals surface area (Å²) in [5.74, 6) is 1.35. The number of hydrogen-bond donors (Lipinski definition) is 3. The van der Waals surface area contributed by atoms with Crippen LogP contribution < -0.4 is 24.8 Å². The fraction of sp³-hybridized carbons (Fsp3) is 0.350. The lowest BCUT2D eigenvalue weighted by molar-refractivity contribution is 0.238. The van der Waals surface area contributed by atoms with Gasteiger partial charge < -0.3 is 20.1 Å². The Morgan fingerprint density at radius 2 is 1.62 bits per heavy atom. The van der Waals surface area contributed by atoms with Crippen molar-refractivity contribution in [1.29, 1.82) is 0 Å². The first kappa shape index (κ1) is 22.5. The molecule has 0 fully saturated rings. The van der Waals surface area contributed by atoms with Gasteiger partial charge in [0.15, 0.2) is 0 Å². The Bertz CT molecular complexity index is 883. The molecule has 29 heavy (non-hydrogen) atoms. The summed E-state index contributed by atoms with van der Waals surface area (Å²) >= 11 is 0. The third-order valence-electron chi connectivity index (χ3n) is 4.11. The smallest absolute Gasteiger partial charge is 0.315 e. The molecule has 0 aliphatic rings. The van der Waals surface area contributed by atoms with Crippen molar-refractivity contribution in [3.63, 3.8) is 0 Å². The number of methoxy groups -OCH3 is 1. The highest BCUT2D eigenvalue weighted by Gasteiger charge is 2.14. The molecule has 0 aromatic heterocycles. The Morgan fingerprint density at radius 1 is 1.00 bits per heavy atom. The molecular weight excluding hydrogens is 394 g/mol. The first-order chi connectivity index (χ1) is 13.9. The van der Waals surface area contributed by atoms with Crippen LogP contribution in [0.15, 0.2) is 53.4 Å². The van der Waals surface area contributed by atoms with Crippen LogP contribution in [-0.2, 0) is 10.0 Å². The van der Waals surface area contributed by atoms with E-state index >= 15 is 0 Å². The van der Waals surface area contributed by atoms with E-state index in [0.717, 1.165) is 11.3 Å². The molecule has 0 saturated heterocycles. The van der Waals surface area contributed by atoms with Gasteiger partial charge in [-0.25, -0.2) is 17.9 Å². The van der Waals surface area contributed by atoms with E-state index in [9.17, 15) is 13.2 Å². The van der Waals surface area contributed by atoms with Gasteiger partial charge in [-0.3, -0.25) is 0 Å². The Labute approximate surface area is 171 Å². The molecule has 0 spiro atoms. The van der Waals surface area contributed by atoms with Gasteiger partial charge in [0.05, 0.1) is 24.7 Å². The van der Waals surface area contributed by atoms with Crippen molar-refractivity contribution in [3.05, 3.63) is 54.1 Å². The van der Waals surface area contributed by atoms with Gasteiger partial charge in [0.25, 0.3) is 0 Å². The molecule has 0 saturated carbocycles. The second-order valence-electron chi connectivity index (χ2n) is 6.20. The largest absolute Gasteiger partial charge is 0.497 e. The number of carbonyl (C=O) groups excluding carboxylic acids is 1. The van der Waals surface area contributed by atoms with E-state index in [1.54, 1.807) is 12.1 Å². The minimum Gasteiger partial charge on any atom is -0.497 e. The van der Waals surface area contributed by atoms with Gasteiger partial charge in [-0.15, -0.1) is 0 Å². The average Bonchev–Trinajstić information content (AvgIpc) is 2.72. The van der Waals surface area contributed by atoms with Gasteiger partial charge in [-0.1, -0.05) is 12.1 Å². The molecule has 9 heteroatoms. The molecule has 0 radical (unpaired) electrons. The second-order valence-corrected chi connectivity index (χ2v) is 7.96. The summed E-state index contributed by atoms with van der Waals surface area (Å²) < 4.78 is 37.3. The van der Waals surface area contributed by atoms with E-state index in [2.05, 4.69) is 15.4 Å². The maximum atomic E-state index is 12.2. The van der Waals surface area contributed by atoms with E-state index in [1.165, 1.54) is 19.2 Å². The topological polar surface area (TPSA) is 106 Å². The van der Waals surface area contributed by atoms with Crippen LogP contribution in [0.1, 0.15) is 25.5 Å². The zero-order chi connectivity index (χ0) is 21.3. The standard InChI is InChI=1S/C20H27N3O5S/c1-4-28-18-7-5-16(6-8-18)15(2)23-20(24)21-13-14-22-29(25,26)19-11-9-17(27-3)10-12-19/h5-12,15,22H,4,13-14H2,1-3H3,(H2,21,23,24)/t15-/m1/s1. The predicted octanol–water partition coefficient (Wildman–Crippen LogP) is 2.43. The highest BCUT2D eigenvalue weighted by Crippen LogP contribution is 2.17. The number of rotatable bonds is 10. The van der Waals surface area contributed by atoms with Gasteiger partial charge in [0.1, 0.15) is 11.5 Å². The van der Waals surface area contributed by atoms with Crippen molar-refractivity contribution in [3.8, 4) is 11.5 Å². The lowest BCUT2D eigenvalue weighted by atomic mass is 10.1. The lowest BCUT2D eigenvalue weighted by Crippen LogP contribution is -2.41. The number of amides is 2. The molecule has 0 aliphatic carbocycles. The van der Waals surface area contributed by atoms with Crippen molar-refractivity contribution < 1.29 is 22.7 Å². The molecule has 0 unspecified atom stereocenters. The highest BCUT2D eigenvalue weighted by molar-refractivity contribution is 7.89. The number of urea groups is 1. The molecule has 2 aromatic carbocycles. The molecule has 2 aromatic rings. The average molecular weight is 422 g/mol. The number of hydrogen-bond acceptors (Lipinski definition) is 5. The number of ether oxygens (including phenoxy) is 2. The molecule has 0 aliphatic heterocycles. The SMILES string of the molecule is CCOc1ccc([C@@H](C)NC(=O)NCCNS(=O)(=O)c2ccc(OC)cc2)cc1. The zero-order valence-electron chi connectivity index (χ0n) is 16.8. The van der Waals surface area contributed by atoms with Gasteiger partial charge in [0, 0.05) is 13.1 Å². The molecule has 158 valence electrons. The van der Waals surface area contributed by atoms with Gasteiger partial charge in [-0.2, -0.15) is 0 Å². The van der Waals surface area contributed by atoms with E-state index < -0.39 is 10.0 Å². The third-order valence-corrected chi connectivity index (χ3v) is 5.59. The van der Waals surface area contributed by atoms with Gasteiger partial charge in [-0.05, 0) is 55.8 Å². The van der Waals surface area contributed by atoms with E-state index in [0.29, 0.717) is 12.4 Å². The number of sulfonamides is 1. The maximum Gasteiger partial charge on any atom is 0.315 e. The first-order valence-electron chi connectivity index (χ1n) is 9.26. The predicted molar refractivity (Wildman–Crippen MR) is 111 cm³/mol. The highest BCUT2D eigenvalue weighted by atomic mass is 32.2. The molecular formula is C20H27N3O5S. The normalized spacial score (nSPS) is 12.1. The summed E-state index contributed by atoms with van der Waals surface area (Å²) in [4.78, 5) is 12.2. The van der Waals surface area contributed by atoms with Crippen molar-refractivity contribution in [1.82, 2.24) is 15.4 Å². The summed E-state index contributed by atoms with van der Waals surface area (Å²) in [6.07, 6.45) is 0. The Hall–Kier alpha value is -2.78. The van der Waals surface area contributed by atoms with E-state index in [4.69, 9.17) is 9.47 Å². The molecule has 3 N–H and O–H groups in total. The first-order valence-corrected chi connectivity index (χ1v) is 10.7. The number of carbonyl (C=O) groups is 1. The summed E-state index contributed by atoms with van der Waals surface area (Å²) in [5.41, 5.74) is 0.934. The van der Waals surface area contributed by atoms with Crippen molar-refractivity contribution >= 4 is 16.1 Å². The van der Waals surface area contributed by atoms with E-state index in [1.807, 2.05) is 38.1 Å².